The number of hydrazine groups is 1. The molecule has 0 radical (unpaired) electrons. The lowest BCUT2D eigenvalue weighted by molar-refractivity contribution is 0.108. The predicted octanol–water partition coefficient (Wildman–Crippen LogP) is 9.36. The summed E-state index contributed by atoms with van der Waals surface area (Å²) in [6.07, 6.45) is 7.57. The highest BCUT2D eigenvalue weighted by atomic mass is 28.3. The second kappa shape index (κ2) is 15.2. The maximum Gasteiger partial charge on any atom is 0.319 e. The Labute approximate surface area is 317 Å². The van der Waals surface area contributed by atoms with Gasteiger partial charge in [0.2, 0.25) is 0 Å². The lowest BCUT2D eigenvalue weighted by Crippen LogP contribution is -2.43. The molecule has 1 atom stereocenters. The Morgan fingerprint density at radius 3 is 2.54 bits per heavy atom. The summed E-state index contributed by atoms with van der Waals surface area (Å²) in [7, 11) is -2.27. The number of fused-ring (bicyclic) bond motifs is 3. The molecule has 0 aliphatic carbocycles. The molecule has 2 N–H and O–H groups in total. The van der Waals surface area contributed by atoms with Crippen molar-refractivity contribution in [3.63, 3.8) is 0 Å². The molecule has 0 bridgehead atoms. The zero-order valence-corrected chi connectivity index (χ0v) is 33.2. The molecule has 5 heterocycles. The highest BCUT2D eigenvalue weighted by Crippen LogP contribution is 2.44. The lowest BCUT2D eigenvalue weighted by Gasteiger charge is -2.38. The van der Waals surface area contributed by atoms with E-state index in [-0.39, 0.29) is 46.2 Å². The molecule has 8 nitrogen and oxygen atoms in total. The average molecular weight is 757 g/mol. The Bertz CT molecular complexity index is 2140. The van der Waals surface area contributed by atoms with Crippen LogP contribution < -0.4 is 15.2 Å². The number of hydrogen-bond donors (Lipinski definition) is 2. The van der Waals surface area contributed by atoms with E-state index in [0.717, 1.165) is 50.8 Å². The topological polar surface area (TPSA) is 86.6 Å². The van der Waals surface area contributed by atoms with E-state index in [1.54, 1.807) is 12.3 Å². The smallest absolute Gasteiger partial charge is 0.319 e. The van der Waals surface area contributed by atoms with Crippen molar-refractivity contribution in [3.05, 3.63) is 59.6 Å². The second-order valence-electron chi connectivity index (χ2n) is 16.3. The van der Waals surface area contributed by atoms with Gasteiger partial charge >= 0.3 is 6.01 Å². The van der Waals surface area contributed by atoms with Crippen molar-refractivity contribution < 1.29 is 23.0 Å². The molecule has 2 aromatic heterocycles. The van der Waals surface area contributed by atoms with Gasteiger partial charge in [-0.3, -0.25) is 14.9 Å². The van der Waals surface area contributed by atoms with Crippen LogP contribution in [0.25, 0.3) is 32.9 Å². The van der Waals surface area contributed by atoms with Crippen LogP contribution in [-0.4, -0.2) is 71.4 Å². The van der Waals surface area contributed by atoms with Crippen LogP contribution in [0.5, 0.6) is 11.8 Å². The lowest BCUT2D eigenvalue weighted by atomic mass is 9.94. The number of anilines is 1. The molecular weight excluding hydrogens is 706 g/mol. The second-order valence-corrected chi connectivity index (χ2v) is 21.9. The normalized spacial score (nSPS) is 20.4. The van der Waals surface area contributed by atoms with Gasteiger partial charge in [0.05, 0.1) is 22.8 Å². The number of nitrogens with one attached hydrogen (secondary N) is 1. The van der Waals surface area contributed by atoms with Crippen LogP contribution >= 0.6 is 0 Å². The minimum Gasteiger partial charge on any atom is -0.508 e. The largest absolute Gasteiger partial charge is 0.508 e. The fourth-order valence-electron chi connectivity index (χ4n) is 9.51. The SMILES string of the molecule is CC(C)[Si](C#Cc1c(F)ccc2cc(O)cc(-c3ncc4c(N5CCCCCN5)nc(OCC56CCCN5C/C(=C/F)C6)nc4c3F)c12)(C(C)C)C(C)C. The summed E-state index contributed by atoms with van der Waals surface area (Å²) < 4.78 is 53.3. The summed E-state index contributed by atoms with van der Waals surface area (Å²) in [5.74, 6) is 2.34. The Morgan fingerprint density at radius 1 is 1.02 bits per heavy atom. The number of nitrogens with zero attached hydrogens (tertiary/aromatic N) is 5. The van der Waals surface area contributed by atoms with E-state index in [1.165, 1.54) is 18.2 Å². The summed E-state index contributed by atoms with van der Waals surface area (Å²) in [5.41, 5.74) is 8.64. The minimum absolute atomic E-state index is 0.00559. The van der Waals surface area contributed by atoms with Crippen LogP contribution in [0.3, 0.4) is 0 Å². The van der Waals surface area contributed by atoms with E-state index < -0.39 is 19.7 Å². The van der Waals surface area contributed by atoms with Crippen LogP contribution in [0, 0.1) is 23.1 Å². The molecular formula is C42H51F3N6O2Si. The molecule has 3 aliphatic heterocycles. The van der Waals surface area contributed by atoms with Crippen molar-refractivity contribution in [1.82, 2.24) is 25.3 Å². The van der Waals surface area contributed by atoms with Crippen LogP contribution in [-0.2, 0) is 0 Å². The standard InChI is InChI=1S/C42H51F3N6O2Si/c1-26(2)54(27(3)4,28(5)6)18-13-32-35(44)12-11-30-19-31(52)20-33(36(30)32)38-37(45)39-34(23-46-38)40(51-17-9-7-8-15-47-51)49-41(48-39)53-25-42-14-10-16-50(42)24-29(21-42)22-43/h11-12,19-20,22-23,26-28,47,52H,7-10,14-17,21,24-25H2,1-6H3/b29-22+. The predicted molar refractivity (Wildman–Crippen MR) is 212 cm³/mol. The van der Waals surface area contributed by atoms with Gasteiger partial charge in [0.1, 0.15) is 37.5 Å². The van der Waals surface area contributed by atoms with Gasteiger partial charge in [-0.25, -0.2) is 18.6 Å². The molecule has 0 amide bonds. The number of phenolic OH excluding ortho intramolecular Hbond substituents is 1. The molecule has 3 aliphatic rings. The highest BCUT2D eigenvalue weighted by molar-refractivity contribution is 6.90. The van der Waals surface area contributed by atoms with Gasteiger partial charge in [0, 0.05) is 36.8 Å². The molecule has 0 saturated carbocycles. The van der Waals surface area contributed by atoms with Crippen LogP contribution in [0.2, 0.25) is 16.6 Å². The number of halogens is 3. The average Bonchev–Trinajstić information content (AvgIpc) is 3.56. The molecule has 3 fully saturated rings. The van der Waals surface area contributed by atoms with E-state index in [1.807, 2.05) is 5.01 Å². The third-order valence-electron chi connectivity index (χ3n) is 12.2. The van der Waals surface area contributed by atoms with Crippen molar-refractivity contribution in [2.75, 3.05) is 37.8 Å². The first kappa shape index (κ1) is 38.1. The molecule has 3 saturated heterocycles. The summed E-state index contributed by atoms with van der Waals surface area (Å²) in [6, 6.07) is 5.89. The third kappa shape index (κ3) is 6.73. The fourth-order valence-corrected chi connectivity index (χ4v) is 14.7. The number of rotatable bonds is 8. The molecule has 54 heavy (non-hydrogen) atoms. The molecule has 286 valence electrons. The van der Waals surface area contributed by atoms with Gasteiger partial charge in [0.25, 0.3) is 0 Å². The quantitative estimate of drug-likeness (QED) is 0.136. The summed E-state index contributed by atoms with van der Waals surface area (Å²) >= 11 is 0. The van der Waals surface area contributed by atoms with Gasteiger partial charge < -0.3 is 9.84 Å². The molecule has 2 aromatic carbocycles. The van der Waals surface area contributed by atoms with Gasteiger partial charge in [-0.05, 0) is 84.4 Å². The van der Waals surface area contributed by atoms with Gasteiger partial charge in [0.15, 0.2) is 11.6 Å². The molecule has 1 unspecified atom stereocenters. The molecule has 4 aromatic rings. The number of aromatic nitrogens is 3. The Morgan fingerprint density at radius 2 is 1.80 bits per heavy atom. The Hall–Kier alpha value is -4.18. The van der Waals surface area contributed by atoms with Crippen molar-refractivity contribution in [2.45, 2.75) is 102 Å². The van der Waals surface area contributed by atoms with Crippen LogP contribution in [0.4, 0.5) is 19.0 Å². The zero-order chi connectivity index (χ0) is 38.4. The van der Waals surface area contributed by atoms with Crippen molar-refractivity contribution >= 4 is 35.6 Å². The van der Waals surface area contributed by atoms with E-state index >= 15 is 8.78 Å². The minimum atomic E-state index is -2.27. The van der Waals surface area contributed by atoms with Crippen molar-refractivity contribution in [1.29, 1.82) is 0 Å². The molecule has 12 heteroatoms. The van der Waals surface area contributed by atoms with Crippen LogP contribution in [0.15, 0.2) is 42.4 Å². The maximum atomic E-state index is 17.3. The first-order chi connectivity index (χ1) is 25.9. The number of ether oxygens (including phenoxy) is 1. The van der Waals surface area contributed by atoms with Crippen LogP contribution in [0.1, 0.15) is 85.6 Å². The molecule has 0 spiro atoms. The van der Waals surface area contributed by atoms with Gasteiger partial charge in [-0.1, -0.05) is 60.0 Å². The number of benzene rings is 2. The van der Waals surface area contributed by atoms with E-state index in [9.17, 15) is 9.50 Å². The highest BCUT2D eigenvalue weighted by Gasteiger charge is 2.47. The van der Waals surface area contributed by atoms with E-state index in [2.05, 4.69) is 73.3 Å². The van der Waals surface area contributed by atoms with Crippen molar-refractivity contribution in [2.24, 2.45) is 0 Å². The summed E-state index contributed by atoms with van der Waals surface area (Å²) in [6.45, 7) is 16.2. The summed E-state index contributed by atoms with van der Waals surface area (Å²) in [4.78, 5) is 16.4. The maximum absolute atomic E-state index is 17.3. The zero-order valence-electron chi connectivity index (χ0n) is 32.2. The summed E-state index contributed by atoms with van der Waals surface area (Å²) in [5, 5.41) is 14.1. The Balaban J connectivity index is 1.40. The number of hydrogen-bond acceptors (Lipinski definition) is 8. The first-order valence-electron chi connectivity index (χ1n) is 19.4. The number of phenols is 1. The number of pyridine rings is 1. The Kier molecular flexibility index (Phi) is 10.7. The van der Waals surface area contributed by atoms with E-state index in [0.29, 0.717) is 64.4 Å². The van der Waals surface area contributed by atoms with E-state index in [4.69, 9.17) is 9.72 Å². The monoisotopic (exact) mass is 756 g/mol. The first-order valence-corrected chi connectivity index (χ1v) is 21.6. The van der Waals surface area contributed by atoms with Crippen molar-refractivity contribution in [3.8, 4) is 34.5 Å². The fraction of sp³-hybridized carbons (Fsp3) is 0.500. The molecule has 7 rings (SSSR count). The third-order valence-corrected chi connectivity index (χ3v) is 18.4. The van der Waals surface area contributed by atoms with Gasteiger partial charge in [-0.15, -0.1) is 5.54 Å². The van der Waals surface area contributed by atoms with Gasteiger partial charge in [-0.2, -0.15) is 9.97 Å². The number of aromatic hydroxyl groups is 1.